The van der Waals surface area contributed by atoms with Crippen LogP contribution in [0.3, 0.4) is 0 Å². The lowest BCUT2D eigenvalue weighted by molar-refractivity contribution is 1.24. The molecule has 0 bridgehead atoms. The van der Waals surface area contributed by atoms with Crippen LogP contribution in [0.2, 0.25) is 0 Å². The first kappa shape index (κ1) is 13.0. The van der Waals surface area contributed by atoms with Crippen LogP contribution in [-0.4, -0.2) is 4.98 Å². The summed E-state index contributed by atoms with van der Waals surface area (Å²) in [5.41, 5.74) is 10.7. The summed E-state index contributed by atoms with van der Waals surface area (Å²) in [5, 5.41) is 1.39. The number of aromatic amines is 1. The molecule has 0 amide bonds. The molecular formula is C19H21N. The summed E-state index contributed by atoms with van der Waals surface area (Å²) >= 11 is 0. The van der Waals surface area contributed by atoms with E-state index in [-0.39, 0.29) is 0 Å². The highest BCUT2D eigenvalue weighted by molar-refractivity contribution is 5.96. The molecule has 0 spiro atoms. The van der Waals surface area contributed by atoms with Crippen LogP contribution in [0.4, 0.5) is 0 Å². The van der Waals surface area contributed by atoms with E-state index in [0.29, 0.717) is 0 Å². The lowest BCUT2D eigenvalue weighted by atomic mass is 9.93. The van der Waals surface area contributed by atoms with E-state index in [9.17, 15) is 0 Å². The van der Waals surface area contributed by atoms with Gasteiger partial charge in [0.25, 0.3) is 0 Å². The minimum atomic E-state index is 1.25. The van der Waals surface area contributed by atoms with Crippen molar-refractivity contribution < 1.29 is 0 Å². The molecule has 0 unspecified atom stereocenters. The Hall–Kier alpha value is -2.02. The van der Waals surface area contributed by atoms with Crippen LogP contribution in [0.25, 0.3) is 22.2 Å². The van der Waals surface area contributed by atoms with Crippen LogP contribution in [0.5, 0.6) is 0 Å². The average Bonchev–Trinajstić information content (AvgIpc) is 2.81. The summed E-state index contributed by atoms with van der Waals surface area (Å²) < 4.78 is 0. The maximum Gasteiger partial charge on any atom is 0.0496 e. The van der Waals surface area contributed by atoms with Gasteiger partial charge in [-0.25, -0.2) is 0 Å². The van der Waals surface area contributed by atoms with E-state index >= 15 is 0 Å². The molecule has 1 nitrogen and oxygen atoms in total. The lowest BCUT2D eigenvalue weighted by Crippen LogP contribution is -1.93. The summed E-state index contributed by atoms with van der Waals surface area (Å²) in [4.78, 5) is 3.66. The molecular weight excluding hydrogens is 242 g/mol. The van der Waals surface area contributed by atoms with Gasteiger partial charge in [-0.2, -0.15) is 0 Å². The molecule has 0 aliphatic heterocycles. The summed E-state index contributed by atoms with van der Waals surface area (Å²) in [6, 6.07) is 10.6. The molecule has 0 aliphatic rings. The number of aryl methyl sites for hydroxylation is 3. The van der Waals surface area contributed by atoms with E-state index in [4.69, 9.17) is 0 Å². The largest absolute Gasteiger partial charge is 0.354 e. The van der Waals surface area contributed by atoms with Crippen molar-refractivity contribution in [3.05, 3.63) is 58.1 Å². The molecule has 1 aromatic heterocycles. The van der Waals surface area contributed by atoms with E-state index in [1.165, 1.54) is 50.0 Å². The van der Waals surface area contributed by atoms with E-state index in [0.717, 1.165) is 0 Å². The van der Waals surface area contributed by atoms with Crippen molar-refractivity contribution >= 4 is 10.9 Å². The zero-order chi connectivity index (χ0) is 14.4. The Kier molecular flexibility index (Phi) is 2.93. The third-order valence-corrected chi connectivity index (χ3v) is 4.75. The fraction of sp³-hybridized carbons (Fsp3) is 0.263. The Morgan fingerprint density at radius 1 is 0.650 bits per heavy atom. The zero-order valence-corrected chi connectivity index (χ0v) is 12.9. The Morgan fingerprint density at radius 3 is 1.90 bits per heavy atom. The molecule has 0 radical (unpaired) electrons. The topological polar surface area (TPSA) is 15.8 Å². The van der Waals surface area contributed by atoms with Gasteiger partial charge < -0.3 is 4.98 Å². The second-order valence-corrected chi connectivity index (χ2v) is 5.74. The highest BCUT2D eigenvalue weighted by atomic mass is 14.7. The normalized spacial score (nSPS) is 11.2. The first-order valence-corrected chi connectivity index (χ1v) is 7.16. The molecule has 1 heterocycles. The van der Waals surface area contributed by atoms with Crippen molar-refractivity contribution in [1.82, 2.24) is 4.98 Å². The summed E-state index contributed by atoms with van der Waals surface area (Å²) in [7, 11) is 0. The van der Waals surface area contributed by atoms with Gasteiger partial charge in [0.15, 0.2) is 0 Å². The van der Waals surface area contributed by atoms with Crippen LogP contribution < -0.4 is 0 Å². The minimum absolute atomic E-state index is 1.25. The van der Waals surface area contributed by atoms with Crippen LogP contribution in [-0.2, 0) is 0 Å². The van der Waals surface area contributed by atoms with Gasteiger partial charge in [-0.05, 0) is 68.0 Å². The maximum absolute atomic E-state index is 3.66. The van der Waals surface area contributed by atoms with Gasteiger partial charge in [0.2, 0.25) is 0 Å². The molecule has 1 heteroatoms. The van der Waals surface area contributed by atoms with Gasteiger partial charge in [0.05, 0.1) is 0 Å². The van der Waals surface area contributed by atoms with Gasteiger partial charge in [-0.3, -0.25) is 0 Å². The molecule has 1 N–H and O–H groups in total. The Bertz CT molecular complexity index is 792. The first-order chi connectivity index (χ1) is 9.52. The third kappa shape index (κ3) is 1.70. The number of hydrogen-bond donors (Lipinski definition) is 1. The molecule has 3 rings (SSSR count). The average molecular weight is 263 g/mol. The maximum atomic E-state index is 3.66. The van der Waals surface area contributed by atoms with Crippen LogP contribution >= 0.6 is 0 Å². The quantitative estimate of drug-likeness (QED) is 0.607. The molecule has 2 aromatic carbocycles. The molecule has 0 saturated carbocycles. The number of hydrogen-bond acceptors (Lipinski definition) is 0. The van der Waals surface area contributed by atoms with Crippen molar-refractivity contribution in [3.63, 3.8) is 0 Å². The highest BCUT2D eigenvalue weighted by Gasteiger charge is 2.16. The summed E-state index contributed by atoms with van der Waals surface area (Å²) in [6.07, 6.45) is 0. The van der Waals surface area contributed by atoms with Crippen LogP contribution in [0.1, 0.15) is 27.8 Å². The van der Waals surface area contributed by atoms with Gasteiger partial charge in [-0.15, -0.1) is 0 Å². The molecule has 0 aliphatic carbocycles. The number of rotatable bonds is 1. The predicted molar refractivity (Wildman–Crippen MR) is 87.4 cm³/mol. The van der Waals surface area contributed by atoms with Crippen molar-refractivity contribution in [3.8, 4) is 11.3 Å². The van der Waals surface area contributed by atoms with Crippen molar-refractivity contribution in [2.24, 2.45) is 0 Å². The first-order valence-electron chi connectivity index (χ1n) is 7.16. The number of aromatic nitrogens is 1. The Labute approximate surface area is 120 Å². The van der Waals surface area contributed by atoms with Gasteiger partial charge >= 0.3 is 0 Å². The van der Waals surface area contributed by atoms with Crippen LogP contribution in [0, 0.1) is 34.6 Å². The highest BCUT2D eigenvalue weighted by Crippen LogP contribution is 2.36. The third-order valence-electron chi connectivity index (χ3n) is 4.75. The monoisotopic (exact) mass is 263 g/mol. The summed E-state index contributed by atoms with van der Waals surface area (Å²) in [5.74, 6) is 0. The molecule has 20 heavy (non-hydrogen) atoms. The molecule has 102 valence electrons. The Morgan fingerprint density at radius 2 is 1.25 bits per heavy atom. The molecule has 0 fully saturated rings. The van der Waals surface area contributed by atoms with E-state index in [1.807, 2.05) is 0 Å². The van der Waals surface area contributed by atoms with Gasteiger partial charge in [0, 0.05) is 16.6 Å². The van der Waals surface area contributed by atoms with Crippen molar-refractivity contribution in [2.75, 3.05) is 0 Å². The molecule has 0 saturated heterocycles. The number of nitrogens with one attached hydrogen (secondary N) is 1. The fourth-order valence-electron chi connectivity index (χ4n) is 3.17. The Balaban J connectivity index is 2.42. The minimum Gasteiger partial charge on any atom is -0.354 e. The number of benzene rings is 2. The van der Waals surface area contributed by atoms with Crippen molar-refractivity contribution in [2.45, 2.75) is 34.6 Å². The van der Waals surface area contributed by atoms with E-state index < -0.39 is 0 Å². The SMILES string of the molecule is Cc1c(C)c(C)c2c(C)c(-c3ccccc3)[nH]c2c1C. The number of fused-ring (bicyclic) bond motifs is 1. The van der Waals surface area contributed by atoms with E-state index in [2.05, 4.69) is 69.9 Å². The van der Waals surface area contributed by atoms with Gasteiger partial charge in [-0.1, -0.05) is 30.3 Å². The lowest BCUT2D eigenvalue weighted by Gasteiger charge is -2.11. The standard InChI is InChI=1S/C19H21N/c1-11-12(2)14(4)19-17(13(11)3)15(5)18(20-19)16-9-7-6-8-10-16/h6-10,20H,1-5H3. The van der Waals surface area contributed by atoms with E-state index in [1.54, 1.807) is 0 Å². The zero-order valence-electron chi connectivity index (χ0n) is 12.9. The summed E-state index contributed by atoms with van der Waals surface area (Å²) in [6.45, 7) is 11.1. The second kappa shape index (κ2) is 4.52. The smallest absolute Gasteiger partial charge is 0.0496 e. The van der Waals surface area contributed by atoms with Crippen LogP contribution in [0.15, 0.2) is 30.3 Å². The number of H-pyrrole nitrogens is 1. The fourth-order valence-corrected chi connectivity index (χ4v) is 3.17. The predicted octanol–water partition coefficient (Wildman–Crippen LogP) is 5.38. The van der Waals surface area contributed by atoms with Crippen molar-refractivity contribution in [1.29, 1.82) is 0 Å². The second-order valence-electron chi connectivity index (χ2n) is 5.74. The molecule has 0 atom stereocenters. The van der Waals surface area contributed by atoms with Gasteiger partial charge in [0.1, 0.15) is 0 Å². The molecule has 3 aromatic rings.